The van der Waals surface area contributed by atoms with Gasteiger partial charge in [0.05, 0.1) is 30.8 Å². The molecule has 9 heteroatoms. The van der Waals surface area contributed by atoms with E-state index >= 15 is 0 Å². The number of hydrogen-bond donors (Lipinski definition) is 1. The molecule has 0 aliphatic carbocycles. The average Bonchev–Trinajstić information content (AvgIpc) is 3.09. The summed E-state index contributed by atoms with van der Waals surface area (Å²) in [4.78, 5) is 21.6. The quantitative estimate of drug-likeness (QED) is 0.591. The number of nitrogens with zero attached hydrogens (tertiary/aromatic N) is 2. The lowest BCUT2D eigenvalue weighted by Gasteiger charge is -2.13. The zero-order chi connectivity index (χ0) is 19.6. The Morgan fingerprint density at radius 2 is 1.93 bits per heavy atom. The minimum Gasteiger partial charge on any atom is -0.495 e. The Bertz CT molecular complexity index is 1010. The molecule has 2 heterocycles. The van der Waals surface area contributed by atoms with Gasteiger partial charge in [0.15, 0.2) is 0 Å². The number of carbonyl (C=O) groups is 1. The molecule has 1 amide bonds. The lowest BCUT2D eigenvalue weighted by molar-refractivity contribution is -0.116. The molecule has 0 saturated heterocycles. The summed E-state index contributed by atoms with van der Waals surface area (Å²) in [6, 6.07) is 3.54. The highest BCUT2D eigenvalue weighted by Gasteiger charge is 2.20. The summed E-state index contributed by atoms with van der Waals surface area (Å²) < 4.78 is 10.6. The van der Waals surface area contributed by atoms with Gasteiger partial charge in [0, 0.05) is 28.1 Å². The number of ether oxygens (including phenoxy) is 2. The molecule has 2 aromatic heterocycles. The van der Waals surface area contributed by atoms with Gasteiger partial charge < -0.3 is 14.8 Å². The lowest BCUT2D eigenvalue weighted by Crippen LogP contribution is -2.21. The van der Waals surface area contributed by atoms with E-state index in [9.17, 15) is 4.79 Å². The van der Waals surface area contributed by atoms with Crippen molar-refractivity contribution in [1.82, 2.24) is 15.3 Å². The maximum absolute atomic E-state index is 11.3. The van der Waals surface area contributed by atoms with E-state index in [0.29, 0.717) is 32.9 Å². The van der Waals surface area contributed by atoms with Crippen LogP contribution in [0.25, 0.3) is 20.7 Å². The summed E-state index contributed by atoms with van der Waals surface area (Å²) in [5, 5.41) is 4.26. The zero-order valence-corrected chi connectivity index (χ0v) is 16.8. The van der Waals surface area contributed by atoms with E-state index in [1.807, 2.05) is 6.07 Å². The van der Waals surface area contributed by atoms with Crippen molar-refractivity contribution in [3.63, 3.8) is 0 Å². The van der Waals surface area contributed by atoms with Crippen molar-refractivity contribution in [1.29, 1.82) is 0 Å². The first kappa shape index (κ1) is 19.4. The smallest absolute Gasteiger partial charge is 0.243 e. The van der Waals surface area contributed by atoms with Gasteiger partial charge >= 0.3 is 0 Å². The van der Waals surface area contributed by atoms with E-state index in [0.717, 1.165) is 15.1 Å². The van der Waals surface area contributed by atoms with Gasteiger partial charge in [-0.15, -0.1) is 11.3 Å². The van der Waals surface area contributed by atoms with Crippen molar-refractivity contribution < 1.29 is 14.3 Å². The molecule has 0 radical (unpaired) electrons. The van der Waals surface area contributed by atoms with Gasteiger partial charge in [0.1, 0.15) is 22.2 Å². The largest absolute Gasteiger partial charge is 0.495 e. The Kier molecular flexibility index (Phi) is 5.84. The van der Waals surface area contributed by atoms with E-state index in [2.05, 4.69) is 21.9 Å². The Labute approximate surface area is 169 Å². The summed E-state index contributed by atoms with van der Waals surface area (Å²) in [6.45, 7) is 3.62. The molecule has 27 heavy (non-hydrogen) atoms. The minimum absolute atomic E-state index is 0.211. The summed E-state index contributed by atoms with van der Waals surface area (Å²) in [7, 11) is 3.05. The van der Waals surface area contributed by atoms with Crippen LogP contribution < -0.4 is 14.8 Å². The summed E-state index contributed by atoms with van der Waals surface area (Å²) in [5.74, 6) is 1.13. The number of fused-ring (bicyclic) bond motifs is 1. The highest BCUT2D eigenvalue weighted by molar-refractivity contribution is 7.22. The van der Waals surface area contributed by atoms with E-state index in [1.165, 1.54) is 31.6 Å². The van der Waals surface area contributed by atoms with E-state index < -0.39 is 0 Å². The predicted octanol–water partition coefficient (Wildman–Crippen LogP) is 4.48. The van der Waals surface area contributed by atoms with Crippen LogP contribution in [0.3, 0.4) is 0 Å². The average molecular weight is 424 g/mol. The monoisotopic (exact) mass is 423 g/mol. The first-order chi connectivity index (χ1) is 13.0. The van der Waals surface area contributed by atoms with Gasteiger partial charge in [-0.2, -0.15) is 0 Å². The van der Waals surface area contributed by atoms with Crippen LogP contribution in [0.5, 0.6) is 11.5 Å². The topological polar surface area (TPSA) is 73.3 Å². The van der Waals surface area contributed by atoms with Crippen LogP contribution in [-0.4, -0.2) is 30.1 Å². The molecule has 0 aliphatic rings. The molecule has 0 saturated carbocycles. The fourth-order valence-electron chi connectivity index (χ4n) is 2.41. The fraction of sp³-hybridized carbons (Fsp3) is 0.167. The van der Waals surface area contributed by atoms with E-state index in [-0.39, 0.29) is 12.5 Å². The molecule has 140 valence electrons. The number of halogens is 2. The van der Waals surface area contributed by atoms with Crippen LogP contribution in [0.4, 0.5) is 0 Å². The third kappa shape index (κ3) is 3.85. The summed E-state index contributed by atoms with van der Waals surface area (Å²) >= 11 is 14.4. The zero-order valence-electron chi connectivity index (χ0n) is 14.5. The molecule has 3 rings (SSSR count). The van der Waals surface area contributed by atoms with Crippen molar-refractivity contribution >= 4 is 50.7 Å². The standard InChI is InChI=1S/C18H15Cl2N3O3S/c1-4-14(24)22-8-13-21-7-9-5-12(27-18(9)23-13)15-16(19)10(25-2)6-11(26-3)17(15)20/h4-7H,1,8H2,2-3H3,(H,22,24). The fourth-order valence-corrected chi connectivity index (χ4v) is 4.31. The third-order valence-corrected chi connectivity index (χ3v) is 5.56. The molecular weight excluding hydrogens is 409 g/mol. The normalized spacial score (nSPS) is 10.7. The lowest BCUT2D eigenvalue weighted by atomic mass is 10.1. The van der Waals surface area contributed by atoms with Gasteiger partial charge in [-0.3, -0.25) is 4.79 Å². The Morgan fingerprint density at radius 3 is 2.52 bits per heavy atom. The molecule has 6 nitrogen and oxygen atoms in total. The van der Waals surface area contributed by atoms with Crippen molar-refractivity contribution in [3.8, 4) is 21.9 Å². The Morgan fingerprint density at radius 1 is 1.26 bits per heavy atom. The van der Waals surface area contributed by atoms with Gasteiger partial charge in [-0.05, 0) is 12.1 Å². The molecule has 1 N–H and O–H groups in total. The second kappa shape index (κ2) is 8.12. The number of hydrogen-bond acceptors (Lipinski definition) is 6. The number of thiophene rings is 1. The number of nitrogens with one attached hydrogen (secondary N) is 1. The Hall–Kier alpha value is -2.35. The van der Waals surface area contributed by atoms with Gasteiger partial charge in [-0.1, -0.05) is 29.8 Å². The molecule has 3 aromatic rings. The van der Waals surface area contributed by atoms with Crippen LogP contribution in [0.1, 0.15) is 5.82 Å². The van der Waals surface area contributed by atoms with E-state index in [1.54, 1.807) is 12.3 Å². The summed E-state index contributed by atoms with van der Waals surface area (Å²) in [5.41, 5.74) is 0.610. The van der Waals surface area contributed by atoms with Crippen molar-refractivity contribution in [2.24, 2.45) is 0 Å². The molecule has 0 bridgehead atoms. The summed E-state index contributed by atoms with van der Waals surface area (Å²) in [6.07, 6.45) is 2.89. The number of carbonyl (C=O) groups excluding carboxylic acids is 1. The minimum atomic E-state index is -0.285. The molecule has 0 unspecified atom stereocenters. The van der Waals surface area contributed by atoms with Crippen molar-refractivity contribution in [2.75, 3.05) is 14.2 Å². The number of methoxy groups -OCH3 is 2. The second-order valence-corrected chi connectivity index (χ2v) is 7.15. The second-order valence-electron chi connectivity index (χ2n) is 5.36. The van der Waals surface area contributed by atoms with Crippen LogP contribution in [-0.2, 0) is 11.3 Å². The highest BCUT2D eigenvalue weighted by atomic mass is 35.5. The van der Waals surface area contributed by atoms with Crippen molar-refractivity contribution in [2.45, 2.75) is 6.54 Å². The van der Waals surface area contributed by atoms with Crippen LogP contribution in [0.15, 0.2) is 31.0 Å². The number of rotatable bonds is 6. The predicted molar refractivity (Wildman–Crippen MR) is 108 cm³/mol. The maximum Gasteiger partial charge on any atom is 0.243 e. The molecule has 0 fully saturated rings. The first-order valence-electron chi connectivity index (χ1n) is 7.74. The maximum atomic E-state index is 11.3. The highest BCUT2D eigenvalue weighted by Crippen LogP contribution is 2.48. The van der Waals surface area contributed by atoms with Crippen molar-refractivity contribution in [3.05, 3.63) is 46.9 Å². The van der Waals surface area contributed by atoms with E-state index in [4.69, 9.17) is 32.7 Å². The molecule has 0 atom stereocenters. The molecule has 0 spiro atoms. The third-order valence-electron chi connectivity index (χ3n) is 3.75. The molecule has 0 aliphatic heterocycles. The SMILES string of the molecule is C=CC(=O)NCc1ncc2cc(-c3c(Cl)c(OC)cc(OC)c3Cl)sc2n1. The molecular formula is C18H15Cl2N3O3S. The number of aromatic nitrogens is 2. The first-order valence-corrected chi connectivity index (χ1v) is 9.31. The number of amides is 1. The molecule has 1 aromatic carbocycles. The van der Waals surface area contributed by atoms with Crippen LogP contribution >= 0.6 is 34.5 Å². The van der Waals surface area contributed by atoms with Gasteiger partial charge in [-0.25, -0.2) is 9.97 Å². The van der Waals surface area contributed by atoms with Gasteiger partial charge in [0.2, 0.25) is 5.91 Å². The number of benzene rings is 1. The van der Waals surface area contributed by atoms with Crippen LogP contribution in [0, 0.1) is 0 Å². The van der Waals surface area contributed by atoms with Gasteiger partial charge in [0.25, 0.3) is 0 Å². The van der Waals surface area contributed by atoms with Crippen LogP contribution in [0.2, 0.25) is 10.0 Å². The Balaban J connectivity index is 2.05.